The number of thiazole rings is 1. The average molecular weight is 351 g/mol. The van der Waals surface area contributed by atoms with Gasteiger partial charge in [0.05, 0.1) is 21.0 Å². The fraction of sp³-hybridized carbons (Fsp3) is 0.0714. The van der Waals surface area contributed by atoms with Gasteiger partial charge in [-0.1, -0.05) is 23.4 Å². The van der Waals surface area contributed by atoms with Crippen molar-refractivity contribution >= 4 is 56.4 Å². The minimum atomic E-state index is -0.491. The Hall–Kier alpha value is -1.88. The van der Waals surface area contributed by atoms with Gasteiger partial charge >= 0.3 is 0 Å². The smallest absolute Gasteiger partial charge is 0.173 e. The zero-order chi connectivity index (χ0) is 15.7. The summed E-state index contributed by atoms with van der Waals surface area (Å²) < 4.78 is 14.9. The van der Waals surface area contributed by atoms with Gasteiger partial charge in [0.15, 0.2) is 9.99 Å². The van der Waals surface area contributed by atoms with E-state index in [1.54, 1.807) is 6.07 Å². The lowest BCUT2D eigenvalue weighted by molar-refractivity contribution is 0.628. The normalized spacial score (nSPS) is 10.6. The number of rotatable bonds is 3. The van der Waals surface area contributed by atoms with Crippen molar-refractivity contribution < 1.29 is 4.39 Å². The summed E-state index contributed by atoms with van der Waals surface area (Å²) in [5.74, 6) is -0.491. The van der Waals surface area contributed by atoms with Gasteiger partial charge in [-0.3, -0.25) is 0 Å². The fourth-order valence-electron chi connectivity index (χ4n) is 1.87. The molecule has 8 heteroatoms. The molecule has 0 aliphatic carbocycles. The molecule has 1 N–H and O–H groups in total. The number of aromatic nitrogens is 2. The first-order chi connectivity index (χ1) is 10.6. The molecule has 0 saturated carbocycles. The van der Waals surface area contributed by atoms with Crippen LogP contribution in [-0.2, 0) is 0 Å². The van der Waals surface area contributed by atoms with Gasteiger partial charge < -0.3 is 5.32 Å². The summed E-state index contributed by atoms with van der Waals surface area (Å²) in [6.45, 7) is 0. The molecule has 0 radical (unpaired) electrons. The number of hydrogen-bond acceptors (Lipinski definition) is 6. The molecule has 0 aliphatic heterocycles. The van der Waals surface area contributed by atoms with Crippen molar-refractivity contribution in [1.29, 1.82) is 5.26 Å². The molecule has 0 atom stereocenters. The zero-order valence-electron chi connectivity index (χ0n) is 11.2. The average Bonchev–Trinajstić information content (AvgIpc) is 2.95. The molecule has 0 fully saturated rings. The van der Waals surface area contributed by atoms with Crippen molar-refractivity contribution in [2.75, 3.05) is 11.6 Å². The number of benzene rings is 1. The highest BCUT2D eigenvalue weighted by Gasteiger charge is 2.14. The predicted molar refractivity (Wildman–Crippen MR) is 88.6 cm³/mol. The van der Waals surface area contributed by atoms with Gasteiger partial charge in [-0.15, -0.1) is 11.3 Å². The highest BCUT2D eigenvalue weighted by atomic mass is 35.5. The van der Waals surface area contributed by atoms with E-state index in [4.69, 9.17) is 11.6 Å². The number of nitrogens with zero attached hydrogens (tertiary/aromatic N) is 3. The molecule has 0 aliphatic rings. The van der Waals surface area contributed by atoms with Gasteiger partial charge in [0.2, 0.25) is 0 Å². The molecule has 110 valence electrons. The summed E-state index contributed by atoms with van der Waals surface area (Å²) in [7, 11) is 0. The summed E-state index contributed by atoms with van der Waals surface area (Å²) in [5.41, 5.74) is 2.16. The van der Waals surface area contributed by atoms with Gasteiger partial charge in [0, 0.05) is 11.9 Å². The van der Waals surface area contributed by atoms with Crippen LogP contribution in [0.4, 0.5) is 15.8 Å². The fourth-order valence-corrected chi connectivity index (χ4v) is 3.57. The van der Waals surface area contributed by atoms with Crippen LogP contribution in [0.1, 0.15) is 5.56 Å². The maximum absolute atomic E-state index is 13.3. The summed E-state index contributed by atoms with van der Waals surface area (Å²) >= 11 is 8.76. The number of anilines is 2. The minimum Gasteiger partial charge on any atom is -0.353 e. The molecule has 22 heavy (non-hydrogen) atoms. The Morgan fingerprint density at radius 1 is 1.45 bits per heavy atom. The van der Waals surface area contributed by atoms with Crippen LogP contribution in [0.3, 0.4) is 0 Å². The Morgan fingerprint density at radius 3 is 2.95 bits per heavy atom. The highest BCUT2D eigenvalue weighted by molar-refractivity contribution is 8.00. The molecule has 3 aromatic rings. The number of nitrogens with one attached hydrogen (secondary N) is 1. The molecular formula is C14H8ClFN4S2. The van der Waals surface area contributed by atoms with Gasteiger partial charge in [-0.05, 0) is 24.5 Å². The second-order valence-corrected chi connectivity index (χ2v) is 6.71. The van der Waals surface area contributed by atoms with E-state index >= 15 is 0 Å². The molecule has 0 bridgehead atoms. The van der Waals surface area contributed by atoms with Crippen LogP contribution >= 0.6 is 34.7 Å². The van der Waals surface area contributed by atoms with Crippen molar-refractivity contribution in [3.8, 4) is 6.07 Å². The van der Waals surface area contributed by atoms with E-state index in [2.05, 4.69) is 21.4 Å². The van der Waals surface area contributed by atoms with E-state index in [0.29, 0.717) is 22.6 Å². The summed E-state index contributed by atoms with van der Waals surface area (Å²) in [6.07, 6.45) is 3.40. The number of thioether (sulfide) groups is 1. The largest absolute Gasteiger partial charge is 0.353 e. The Bertz CT molecular complexity index is 904. The predicted octanol–water partition coefficient (Wildman–Crippen LogP) is 4.82. The molecular weight excluding hydrogens is 343 g/mol. The molecule has 4 nitrogen and oxygen atoms in total. The van der Waals surface area contributed by atoms with Crippen molar-refractivity contribution in [3.63, 3.8) is 0 Å². The molecule has 3 rings (SSSR count). The third-order valence-electron chi connectivity index (χ3n) is 2.89. The second-order valence-electron chi connectivity index (χ2n) is 4.25. The Morgan fingerprint density at radius 2 is 2.27 bits per heavy atom. The van der Waals surface area contributed by atoms with E-state index in [1.165, 1.54) is 41.4 Å². The van der Waals surface area contributed by atoms with Crippen LogP contribution in [0, 0.1) is 17.1 Å². The third kappa shape index (κ3) is 2.73. The summed E-state index contributed by atoms with van der Waals surface area (Å²) in [5, 5.41) is 12.4. The lowest BCUT2D eigenvalue weighted by Gasteiger charge is -2.09. The van der Waals surface area contributed by atoms with E-state index in [0.717, 1.165) is 9.04 Å². The first-order valence-electron chi connectivity index (χ1n) is 6.08. The lowest BCUT2D eigenvalue weighted by Crippen LogP contribution is -1.96. The topological polar surface area (TPSA) is 61.6 Å². The quantitative estimate of drug-likeness (QED) is 0.686. The number of fused-ring (bicyclic) bond motifs is 1. The first-order valence-corrected chi connectivity index (χ1v) is 8.50. The Kier molecular flexibility index (Phi) is 4.16. The maximum atomic E-state index is 13.3. The van der Waals surface area contributed by atoms with Crippen LogP contribution in [-0.4, -0.2) is 16.2 Å². The summed E-state index contributed by atoms with van der Waals surface area (Å²) in [6, 6.07) is 6.41. The van der Waals surface area contributed by atoms with Gasteiger partial charge in [0.1, 0.15) is 11.9 Å². The Labute approximate surface area is 139 Å². The van der Waals surface area contributed by atoms with Gasteiger partial charge in [0.25, 0.3) is 0 Å². The number of pyridine rings is 1. The SMILES string of the molecule is CSc1nc2ncc(C#N)c(Nc3ccc(F)c(Cl)c3)c2s1. The second kappa shape index (κ2) is 6.08. The number of nitriles is 1. The van der Waals surface area contributed by atoms with Crippen molar-refractivity contribution in [3.05, 3.63) is 40.8 Å². The van der Waals surface area contributed by atoms with Crippen molar-refractivity contribution in [2.24, 2.45) is 0 Å². The van der Waals surface area contributed by atoms with E-state index in [9.17, 15) is 9.65 Å². The van der Waals surface area contributed by atoms with Crippen molar-refractivity contribution in [1.82, 2.24) is 9.97 Å². The van der Waals surface area contributed by atoms with E-state index in [1.807, 2.05) is 6.26 Å². The minimum absolute atomic E-state index is 0.0166. The standard InChI is InChI=1S/C14H8ClFN4S2/c1-21-14-20-13-12(22-14)11(7(5-17)6-18-13)19-8-2-3-10(16)9(15)4-8/h2-4,6H,1H3,(H,18,19). The van der Waals surface area contributed by atoms with Crippen LogP contribution in [0.5, 0.6) is 0 Å². The van der Waals surface area contributed by atoms with Crippen LogP contribution in [0.25, 0.3) is 10.3 Å². The molecule has 0 saturated heterocycles. The number of halogens is 2. The molecule has 0 unspecified atom stereocenters. The molecule has 1 aromatic carbocycles. The van der Waals surface area contributed by atoms with Crippen molar-refractivity contribution in [2.45, 2.75) is 4.34 Å². The van der Waals surface area contributed by atoms with E-state index < -0.39 is 5.82 Å². The maximum Gasteiger partial charge on any atom is 0.173 e. The summed E-state index contributed by atoms with van der Waals surface area (Å²) in [4.78, 5) is 8.57. The molecule has 0 spiro atoms. The van der Waals surface area contributed by atoms with Gasteiger partial charge in [-0.2, -0.15) is 5.26 Å². The molecule has 2 heterocycles. The van der Waals surface area contributed by atoms with Crippen LogP contribution in [0.2, 0.25) is 5.02 Å². The number of hydrogen-bond donors (Lipinski definition) is 1. The molecule has 0 amide bonds. The van der Waals surface area contributed by atoms with E-state index in [-0.39, 0.29) is 5.02 Å². The molecule has 2 aromatic heterocycles. The van der Waals surface area contributed by atoms with Crippen LogP contribution in [0.15, 0.2) is 28.7 Å². The third-order valence-corrected chi connectivity index (χ3v) is 5.22. The van der Waals surface area contributed by atoms with Crippen LogP contribution < -0.4 is 5.32 Å². The zero-order valence-corrected chi connectivity index (χ0v) is 13.6. The van der Waals surface area contributed by atoms with Gasteiger partial charge in [-0.25, -0.2) is 14.4 Å². The lowest BCUT2D eigenvalue weighted by atomic mass is 10.2. The monoisotopic (exact) mass is 350 g/mol. The highest BCUT2D eigenvalue weighted by Crippen LogP contribution is 2.36. The Balaban J connectivity index is 2.13. The first kappa shape index (κ1) is 15.0.